The Morgan fingerprint density at radius 2 is 1.62 bits per heavy atom. The van der Waals surface area contributed by atoms with Crippen molar-refractivity contribution < 1.29 is 17.6 Å². The predicted molar refractivity (Wildman–Crippen MR) is 123 cm³/mol. The second kappa shape index (κ2) is 11.3. The normalized spacial score (nSPS) is 15.5. The van der Waals surface area contributed by atoms with Gasteiger partial charge in [0.25, 0.3) is 0 Å². The molecule has 0 spiro atoms. The third kappa shape index (κ3) is 6.94. The van der Waals surface area contributed by atoms with Crippen molar-refractivity contribution in [3.8, 4) is 0 Å². The number of allylic oxidation sites excluding steroid dienone is 6. The van der Waals surface area contributed by atoms with Gasteiger partial charge in [-0.15, -0.1) is 0 Å². The van der Waals surface area contributed by atoms with Crippen molar-refractivity contribution in [1.29, 1.82) is 0 Å². The van der Waals surface area contributed by atoms with E-state index in [0.29, 0.717) is 18.4 Å². The molecule has 170 valence electrons. The van der Waals surface area contributed by atoms with Gasteiger partial charge in [0.15, 0.2) is 0 Å². The summed E-state index contributed by atoms with van der Waals surface area (Å²) in [4.78, 5) is 0. The third-order valence-electron chi connectivity index (χ3n) is 6.05. The van der Waals surface area contributed by atoms with Crippen molar-refractivity contribution in [3.05, 3.63) is 106 Å². The van der Waals surface area contributed by atoms with E-state index in [2.05, 4.69) is 0 Å². The lowest BCUT2D eigenvalue weighted by Crippen LogP contribution is -2.21. The summed E-state index contributed by atoms with van der Waals surface area (Å²) in [6, 6.07) is 13.6. The Morgan fingerprint density at radius 1 is 0.906 bits per heavy atom. The van der Waals surface area contributed by atoms with Gasteiger partial charge in [-0.25, -0.2) is 4.39 Å². The number of rotatable bonds is 9. The van der Waals surface area contributed by atoms with Crippen molar-refractivity contribution in [1.82, 2.24) is 0 Å². The lowest BCUT2D eigenvalue weighted by Gasteiger charge is -2.23. The van der Waals surface area contributed by atoms with Gasteiger partial charge in [-0.3, -0.25) is 0 Å². The fraction of sp³-hybridized carbons (Fsp3) is 0.357. The maximum absolute atomic E-state index is 14.3. The highest BCUT2D eigenvalue weighted by atomic mass is 19.4. The van der Waals surface area contributed by atoms with Crippen LogP contribution in [0, 0.1) is 5.82 Å². The van der Waals surface area contributed by atoms with Crippen molar-refractivity contribution in [3.63, 3.8) is 0 Å². The van der Waals surface area contributed by atoms with Crippen LogP contribution in [0.25, 0.3) is 0 Å². The molecular weight excluding hydrogens is 412 g/mol. The van der Waals surface area contributed by atoms with Crippen molar-refractivity contribution >= 4 is 0 Å². The molecule has 2 aromatic carbocycles. The van der Waals surface area contributed by atoms with E-state index in [0.717, 1.165) is 42.4 Å². The Balaban J connectivity index is 1.58. The van der Waals surface area contributed by atoms with Crippen LogP contribution in [0.3, 0.4) is 0 Å². The van der Waals surface area contributed by atoms with Crippen molar-refractivity contribution in [2.45, 2.75) is 64.0 Å². The first kappa shape index (κ1) is 24.0. The molecule has 0 saturated heterocycles. The van der Waals surface area contributed by atoms with Gasteiger partial charge in [0, 0.05) is 0 Å². The van der Waals surface area contributed by atoms with Crippen LogP contribution in [0.1, 0.15) is 61.6 Å². The van der Waals surface area contributed by atoms with Crippen LogP contribution in [-0.2, 0) is 12.8 Å². The molecule has 0 amide bonds. The number of halogens is 4. The molecular formula is C28H30F4. The van der Waals surface area contributed by atoms with E-state index in [4.69, 9.17) is 0 Å². The summed E-state index contributed by atoms with van der Waals surface area (Å²) in [5, 5.41) is 0. The van der Waals surface area contributed by atoms with Crippen LogP contribution in [-0.4, -0.2) is 6.18 Å². The standard InChI is InChI=1S/C28H30F4/c1-2-3-5-10-25-18-17-23(20-27(25)29)16-13-21-11-14-22(15-12-21)19-26(28(30,31)32)24-8-6-4-7-9-24/h2-4,6-9,11,14,17-18,20,26H,5,10,12-13,15-16,19H2,1H3/b3-2+. The molecule has 0 bridgehead atoms. The lowest BCUT2D eigenvalue weighted by molar-refractivity contribution is -0.150. The maximum atomic E-state index is 14.3. The molecule has 32 heavy (non-hydrogen) atoms. The van der Waals surface area contributed by atoms with E-state index in [-0.39, 0.29) is 12.2 Å². The first-order valence-electron chi connectivity index (χ1n) is 11.2. The molecule has 1 aliphatic carbocycles. The summed E-state index contributed by atoms with van der Waals surface area (Å²) in [6.45, 7) is 1.95. The molecule has 0 radical (unpaired) electrons. The Bertz CT molecular complexity index is 965. The van der Waals surface area contributed by atoms with Crippen LogP contribution in [0.4, 0.5) is 17.6 Å². The molecule has 0 saturated carbocycles. The zero-order valence-electron chi connectivity index (χ0n) is 18.5. The largest absolute Gasteiger partial charge is 0.396 e. The number of aryl methyl sites for hydroxylation is 2. The first-order valence-corrected chi connectivity index (χ1v) is 11.2. The molecule has 1 atom stereocenters. The van der Waals surface area contributed by atoms with Crippen LogP contribution in [0.2, 0.25) is 0 Å². The minimum absolute atomic E-state index is 0.00279. The Morgan fingerprint density at radius 3 is 2.25 bits per heavy atom. The number of alkyl halides is 3. The SMILES string of the molecule is C/C=C/CCc1ccc(CCC2=CC=C(CC(c3ccccc3)C(F)(F)F)CC2)cc1F. The summed E-state index contributed by atoms with van der Waals surface area (Å²) >= 11 is 0. The van der Waals surface area contributed by atoms with Crippen molar-refractivity contribution in [2.24, 2.45) is 0 Å². The van der Waals surface area contributed by atoms with Gasteiger partial charge >= 0.3 is 6.18 Å². The second-order valence-corrected chi connectivity index (χ2v) is 8.39. The number of hydrogen-bond acceptors (Lipinski definition) is 0. The van der Waals surface area contributed by atoms with Gasteiger partial charge < -0.3 is 0 Å². The van der Waals surface area contributed by atoms with Crippen LogP contribution in [0.5, 0.6) is 0 Å². The maximum Gasteiger partial charge on any atom is 0.396 e. The minimum Gasteiger partial charge on any atom is -0.207 e. The number of benzene rings is 2. The fourth-order valence-electron chi connectivity index (χ4n) is 4.13. The smallest absolute Gasteiger partial charge is 0.207 e. The molecule has 0 aromatic heterocycles. The molecule has 4 heteroatoms. The average molecular weight is 443 g/mol. The molecule has 3 rings (SSSR count). The highest BCUT2D eigenvalue weighted by molar-refractivity contribution is 5.30. The Hall–Kier alpha value is -2.62. The van der Waals surface area contributed by atoms with E-state index in [9.17, 15) is 17.6 Å². The molecule has 0 N–H and O–H groups in total. The Labute approximate surface area is 188 Å². The third-order valence-corrected chi connectivity index (χ3v) is 6.05. The summed E-state index contributed by atoms with van der Waals surface area (Å²) in [7, 11) is 0. The predicted octanol–water partition coefficient (Wildman–Crippen LogP) is 8.65. The zero-order chi connectivity index (χ0) is 23.0. The molecule has 0 aliphatic heterocycles. The quantitative estimate of drug-likeness (QED) is 0.269. The topological polar surface area (TPSA) is 0 Å². The van der Waals surface area contributed by atoms with Crippen molar-refractivity contribution in [2.75, 3.05) is 0 Å². The number of hydrogen-bond donors (Lipinski definition) is 0. The molecule has 0 nitrogen and oxygen atoms in total. The molecule has 2 aromatic rings. The summed E-state index contributed by atoms with van der Waals surface area (Å²) in [5.74, 6) is -1.63. The van der Waals surface area contributed by atoms with Gasteiger partial charge in [-0.2, -0.15) is 13.2 Å². The fourth-order valence-corrected chi connectivity index (χ4v) is 4.13. The lowest BCUT2D eigenvalue weighted by atomic mass is 9.86. The van der Waals surface area contributed by atoms with Gasteiger partial charge in [0.1, 0.15) is 5.82 Å². The molecule has 1 aliphatic rings. The average Bonchev–Trinajstić information content (AvgIpc) is 2.78. The monoisotopic (exact) mass is 442 g/mol. The van der Waals surface area contributed by atoms with Crippen LogP contribution >= 0.6 is 0 Å². The summed E-state index contributed by atoms with van der Waals surface area (Å²) < 4.78 is 55.2. The van der Waals surface area contributed by atoms with Gasteiger partial charge in [-0.05, 0) is 74.6 Å². The van der Waals surface area contributed by atoms with Gasteiger partial charge in [0.2, 0.25) is 0 Å². The van der Waals surface area contributed by atoms with Crippen LogP contribution < -0.4 is 0 Å². The molecule has 0 heterocycles. The van der Waals surface area contributed by atoms with E-state index < -0.39 is 12.1 Å². The minimum atomic E-state index is -4.27. The summed E-state index contributed by atoms with van der Waals surface area (Å²) in [5.41, 5.74) is 4.03. The molecule has 0 fully saturated rings. The van der Waals surface area contributed by atoms with E-state index >= 15 is 0 Å². The van der Waals surface area contributed by atoms with Crippen LogP contribution in [0.15, 0.2) is 84.0 Å². The first-order chi connectivity index (χ1) is 15.4. The van der Waals surface area contributed by atoms with E-state index in [1.807, 2.05) is 43.4 Å². The second-order valence-electron chi connectivity index (χ2n) is 8.39. The van der Waals surface area contributed by atoms with Gasteiger partial charge in [-0.1, -0.05) is 77.9 Å². The van der Waals surface area contributed by atoms with Gasteiger partial charge in [0.05, 0.1) is 5.92 Å². The zero-order valence-corrected chi connectivity index (χ0v) is 18.5. The van der Waals surface area contributed by atoms with E-state index in [1.165, 1.54) is 5.57 Å². The van der Waals surface area contributed by atoms with E-state index in [1.54, 1.807) is 36.4 Å². The molecule has 1 unspecified atom stereocenters. The summed E-state index contributed by atoms with van der Waals surface area (Å²) in [6.07, 6.45) is 7.98. The Kier molecular flexibility index (Phi) is 8.49. The highest BCUT2D eigenvalue weighted by Crippen LogP contribution is 2.41. The highest BCUT2D eigenvalue weighted by Gasteiger charge is 2.40.